The summed E-state index contributed by atoms with van der Waals surface area (Å²) in [5, 5.41) is 10.4. The predicted molar refractivity (Wildman–Crippen MR) is 103 cm³/mol. The van der Waals surface area contributed by atoms with Crippen LogP contribution in [0, 0.1) is 6.92 Å². The Labute approximate surface area is 155 Å². The van der Waals surface area contributed by atoms with E-state index in [1.807, 2.05) is 18.2 Å². The van der Waals surface area contributed by atoms with Gasteiger partial charge in [-0.1, -0.05) is 36.4 Å². The average Bonchev–Trinajstić information content (AvgIpc) is 3.09. The van der Waals surface area contributed by atoms with Crippen molar-refractivity contribution in [3.63, 3.8) is 0 Å². The fraction of sp³-hybridized carbons (Fsp3) is 0.364. The molecular weight excluding hydrogens is 326 g/mol. The zero-order chi connectivity index (χ0) is 18.4. The molecule has 0 saturated carbocycles. The Hall–Kier alpha value is -2.30. The van der Waals surface area contributed by atoms with Gasteiger partial charge < -0.3 is 14.6 Å². The van der Waals surface area contributed by atoms with Gasteiger partial charge >= 0.3 is 0 Å². The largest absolute Gasteiger partial charge is 0.454 e. The van der Waals surface area contributed by atoms with Crippen molar-refractivity contribution in [2.45, 2.75) is 39.0 Å². The van der Waals surface area contributed by atoms with Gasteiger partial charge in [-0.2, -0.15) is 0 Å². The normalized spacial score (nSPS) is 13.8. The van der Waals surface area contributed by atoms with E-state index in [4.69, 9.17) is 9.47 Å². The number of hydrogen-bond acceptors (Lipinski definition) is 4. The highest BCUT2D eigenvalue weighted by atomic mass is 16.7. The number of benzene rings is 2. The van der Waals surface area contributed by atoms with Gasteiger partial charge in [-0.25, -0.2) is 0 Å². The van der Waals surface area contributed by atoms with Crippen LogP contribution in [0.15, 0.2) is 55.1 Å². The average molecular weight is 353 g/mol. The Balaban J connectivity index is 1.73. The predicted octanol–water partition coefficient (Wildman–Crippen LogP) is 4.05. The fourth-order valence-electron chi connectivity index (χ4n) is 3.21. The summed E-state index contributed by atoms with van der Waals surface area (Å²) in [5.41, 5.74) is 3.70. The van der Waals surface area contributed by atoms with Gasteiger partial charge in [-0.3, -0.25) is 4.90 Å². The van der Waals surface area contributed by atoms with E-state index < -0.39 is 0 Å². The topological polar surface area (TPSA) is 41.9 Å². The highest BCUT2D eigenvalue weighted by Gasteiger charge is 2.17. The number of ether oxygens (including phenoxy) is 2. The van der Waals surface area contributed by atoms with Crippen LogP contribution >= 0.6 is 0 Å². The summed E-state index contributed by atoms with van der Waals surface area (Å²) in [6, 6.07) is 14.4. The number of aliphatic hydroxyl groups is 1. The van der Waals surface area contributed by atoms with Crippen LogP contribution in [-0.2, 0) is 13.1 Å². The molecule has 0 aliphatic carbocycles. The maximum atomic E-state index is 10.4. The molecule has 0 fully saturated rings. The third-order valence-corrected chi connectivity index (χ3v) is 4.67. The van der Waals surface area contributed by atoms with Crippen LogP contribution in [0.25, 0.3) is 0 Å². The van der Waals surface area contributed by atoms with Gasteiger partial charge in [0, 0.05) is 19.6 Å². The molecule has 4 heteroatoms. The Morgan fingerprint density at radius 3 is 2.77 bits per heavy atom. The van der Waals surface area contributed by atoms with Gasteiger partial charge in [-0.15, -0.1) is 6.58 Å². The Morgan fingerprint density at radius 2 is 1.96 bits per heavy atom. The number of fused-ring (bicyclic) bond motifs is 1. The first kappa shape index (κ1) is 18.5. The van der Waals surface area contributed by atoms with Crippen molar-refractivity contribution < 1.29 is 14.6 Å². The van der Waals surface area contributed by atoms with Crippen molar-refractivity contribution in [2.75, 3.05) is 13.3 Å². The SMILES string of the molecule is C=CCC[C@@H](O)CN(Cc1ccc2c(c1)OCO2)Cc1ccccc1C. The molecule has 0 bridgehead atoms. The van der Waals surface area contributed by atoms with Crippen molar-refractivity contribution in [2.24, 2.45) is 0 Å². The number of allylic oxidation sites excluding steroid dienone is 1. The Bertz CT molecular complexity index is 744. The van der Waals surface area contributed by atoms with E-state index >= 15 is 0 Å². The van der Waals surface area contributed by atoms with E-state index in [0.717, 1.165) is 43.0 Å². The fourth-order valence-corrected chi connectivity index (χ4v) is 3.21. The molecular formula is C22H27NO3. The van der Waals surface area contributed by atoms with Crippen LogP contribution in [0.5, 0.6) is 11.5 Å². The van der Waals surface area contributed by atoms with Crippen LogP contribution in [0.4, 0.5) is 0 Å². The standard InChI is InChI=1S/C22H27NO3/c1-3-4-9-20(24)15-23(14-19-8-6-5-7-17(19)2)13-18-10-11-21-22(12-18)26-16-25-21/h3,5-8,10-12,20,24H,1,4,9,13-16H2,2H3/t20-/m1/s1. The van der Waals surface area contributed by atoms with E-state index in [9.17, 15) is 5.11 Å². The number of nitrogens with zero attached hydrogens (tertiary/aromatic N) is 1. The van der Waals surface area contributed by atoms with Gasteiger partial charge in [0.1, 0.15) is 0 Å². The number of aryl methyl sites for hydroxylation is 1. The first-order chi connectivity index (χ1) is 12.7. The second-order valence-electron chi connectivity index (χ2n) is 6.80. The first-order valence-electron chi connectivity index (χ1n) is 9.10. The minimum absolute atomic E-state index is 0.284. The van der Waals surface area contributed by atoms with E-state index in [-0.39, 0.29) is 12.9 Å². The van der Waals surface area contributed by atoms with E-state index in [0.29, 0.717) is 6.54 Å². The van der Waals surface area contributed by atoms with Crippen molar-refractivity contribution in [3.8, 4) is 11.5 Å². The van der Waals surface area contributed by atoms with Gasteiger partial charge in [0.2, 0.25) is 6.79 Å². The lowest BCUT2D eigenvalue weighted by Gasteiger charge is -2.26. The molecule has 1 atom stereocenters. The maximum Gasteiger partial charge on any atom is 0.231 e. The molecule has 0 aromatic heterocycles. The summed E-state index contributed by atoms with van der Waals surface area (Å²) in [4.78, 5) is 2.29. The molecule has 0 amide bonds. The van der Waals surface area contributed by atoms with Crippen LogP contribution in [-0.4, -0.2) is 29.4 Å². The number of hydrogen-bond donors (Lipinski definition) is 1. The Kier molecular flexibility index (Phi) is 6.31. The summed E-state index contributed by atoms with van der Waals surface area (Å²) in [6.07, 6.45) is 3.04. The Morgan fingerprint density at radius 1 is 1.15 bits per heavy atom. The molecule has 1 aliphatic rings. The molecule has 2 aromatic carbocycles. The highest BCUT2D eigenvalue weighted by molar-refractivity contribution is 5.44. The lowest BCUT2D eigenvalue weighted by molar-refractivity contribution is 0.0982. The lowest BCUT2D eigenvalue weighted by atomic mass is 10.1. The van der Waals surface area contributed by atoms with Crippen LogP contribution in [0.3, 0.4) is 0 Å². The summed E-state index contributed by atoms with van der Waals surface area (Å²) in [7, 11) is 0. The number of aliphatic hydroxyl groups excluding tert-OH is 1. The van der Waals surface area contributed by atoms with E-state index in [1.54, 1.807) is 0 Å². The molecule has 0 spiro atoms. The summed E-state index contributed by atoms with van der Waals surface area (Å²) >= 11 is 0. The smallest absolute Gasteiger partial charge is 0.231 e. The first-order valence-corrected chi connectivity index (χ1v) is 9.10. The molecule has 0 saturated heterocycles. The van der Waals surface area contributed by atoms with Gasteiger partial charge in [-0.05, 0) is 48.6 Å². The van der Waals surface area contributed by atoms with Crippen molar-refractivity contribution in [1.82, 2.24) is 4.90 Å². The van der Waals surface area contributed by atoms with Gasteiger partial charge in [0.05, 0.1) is 6.10 Å². The molecule has 138 valence electrons. The third-order valence-electron chi connectivity index (χ3n) is 4.67. The molecule has 3 rings (SSSR count). The quantitative estimate of drug-likeness (QED) is 0.691. The second kappa shape index (κ2) is 8.88. The second-order valence-corrected chi connectivity index (χ2v) is 6.80. The zero-order valence-corrected chi connectivity index (χ0v) is 15.4. The van der Waals surface area contributed by atoms with Crippen molar-refractivity contribution in [3.05, 3.63) is 71.8 Å². The minimum atomic E-state index is -0.369. The summed E-state index contributed by atoms with van der Waals surface area (Å²) < 4.78 is 10.9. The van der Waals surface area contributed by atoms with Crippen LogP contribution in [0.1, 0.15) is 29.5 Å². The van der Waals surface area contributed by atoms with Gasteiger partial charge in [0.25, 0.3) is 0 Å². The van der Waals surface area contributed by atoms with E-state index in [2.05, 4.69) is 48.7 Å². The van der Waals surface area contributed by atoms with Crippen molar-refractivity contribution in [1.29, 1.82) is 0 Å². The number of rotatable bonds is 9. The van der Waals surface area contributed by atoms with Gasteiger partial charge in [0.15, 0.2) is 11.5 Å². The maximum absolute atomic E-state index is 10.4. The molecule has 2 aromatic rings. The summed E-state index contributed by atoms with van der Waals surface area (Å²) in [5.74, 6) is 1.59. The molecule has 1 aliphatic heterocycles. The third kappa shape index (κ3) is 4.87. The summed E-state index contributed by atoms with van der Waals surface area (Å²) in [6.45, 7) is 8.32. The van der Waals surface area contributed by atoms with E-state index in [1.165, 1.54) is 11.1 Å². The molecule has 1 heterocycles. The molecule has 0 radical (unpaired) electrons. The molecule has 0 unspecified atom stereocenters. The minimum Gasteiger partial charge on any atom is -0.454 e. The van der Waals surface area contributed by atoms with Crippen molar-refractivity contribution >= 4 is 0 Å². The lowest BCUT2D eigenvalue weighted by Crippen LogP contribution is -2.32. The monoisotopic (exact) mass is 353 g/mol. The van der Waals surface area contributed by atoms with Crippen LogP contribution < -0.4 is 9.47 Å². The van der Waals surface area contributed by atoms with Crippen LogP contribution in [0.2, 0.25) is 0 Å². The molecule has 26 heavy (non-hydrogen) atoms. The highest BCUT2D eigenvalue weighted by Crippen LogP contribution is 2.33. The molecule has 4 nitrogen and oxygen atoms in total. The zero-order valence-electron chi connectivity index (χ0n) is 15.4. The molecule has 1 N–H and O–H groups in total.